The van der Waals surface area contributed by atoms with E-state index in [9.17, 15) is 0 Å². The van der Waals surface area contributed by atoms with E-state index in [0.717, 1.165) is 11.6 Å². The van der Waals surface area contributed by atoms with Gasteiger partial charge in [0, 0.05) is 4.88 Å². The van der Waals surface area contributed by atoms with E-state index in [4.69, 9.17) is 12.2 Å². The lowest BCUT2D eigenvalue weighted by atomic mass is 10.0. The summed E-state index contributed by atoms with van der Waals surface area (Å²) in [6.07, 6.45) is 9.77. The van der Waals surface area contributed by atoms with Gasteiger partial charge >= 0.3 is 0 Å². The molecule has 3 nitrogen and oxygen atoms in total. The first kappa shape index (κ1) is 12.0. The van der Waals surface area contributed by atoms with Gasteiger partial charge in [0.25, 0.3) is 0 Å². The summed E-state index contributed by atoms with van der Waals surface area (Å²) in [5.41, 5.74) is 6.82. The van der Waals surface area contributed by atoms with Crippen molar-refractivity contribution in [2.24, 2.45) is 0 Å². The number of thiazole rings is 1. The summed E-state index contributed by atoms with van der Waals surface area (Å²) in [4.78, 5) is 5.67. The molecule has 0 spiro atoms. The van der Waals surface area contributed by atoms with Crippen molar-refractivity contribution in [3.63, 3.8) is 0 Å². The van der Waals surface area contributed by atoms with Crippen LogP contribution in [0.3, 0.4) is 0 Å². The predicted molar refractivity (Wildman–Crippen MR) is 65.9 cm³/mol. The molecular formula is C11H17N3S. The molecule has 4 heteroatoms. The third-order valence-electron chi connectivity index (χ3n) is 2.14. The lowest BCUT2D eigenvalue weighted by molar-refractivity contribution is 0.683. The SMILES string of the molecule is C#CCNC.Nc1nc2c(s1)CCCC2. The Bertz CT molecular complexity index is 315. The number of rotatable bonds is 1. The molecule has 1 aromatic rings. The Labute approximate surface area is 95.1 Å². The van der Waals surface area contributed by atoms with Crippen LogP contribution < -0.4 is 11.1 Å². The van der Waals surface area contributed by atoms with E-state index < -0.39 is 0 Å². The largest absolute Gasteiger partial charge is 0.375 e. The van der Waals surface area contributed by atoms with Gasteiger partial charge in [0.05, 0.1) is 12.2 Å². The number of nitrogens with one attached hydrogen (secondary N) is 1. The van der Waals surface area contributed by atoms with Crippen molar-refractivity contribution in [2.75, 3.05) is 19.3 Å². The maximum Gasteiger partial charge on any atom is 0.180 e. The van der Waals surface area contributed by atoms with Crippen molar-refractivity contribution < 1.29 is 0 Å². The highest BCUT2D eigenvalue weighted by atomic mass is 32.1. The van der Waals surface area contributed by atoms with Gasteiger partial charge in [-0.05, 0) is 32.7 Å². The van der Waals surface area contributed by atoms with Crippen molar-refractivity contribution in [3.05, 3.63) is 10.6 Å². The molecule has 0 saturated heterocycles. The van der Waals surface area contributed by atoms with Crippen LogP contribution in [0.2, 0.25) is 0 Å². The second-order valence-corrected chi connectivity index (χ2v) is 4.48. The predicted octanol–water partition coefficient (Wildman–Crippen LogP) is 1.44. The number of nitrogens with zero attached hydrogens (tertiary/aromatic N) is 1. The van der Waals surface area contributed by atoms with Crippen LogP contribution in [0, 0.1) is 12.3 Å². The first-order valence-electron chi connectivity index (χ1n) is 5.10. The van der Waals surface area contributed by atoms with Crippen LogP contribution in [-0.2, 0) is 12.8 Å². The summed E-state index contributed by atoms with van der Waals surface area (Å²) in [7, 11) is 1.82. The van der Waals surface area contributed by atoms with Gasteiger partial charge in [-0.3, -0.25) is 0 Å². The van der Waals surface area contributed by atoms with Crippen LogP contribution in [0.5, 0.6) is 0 Å². The van der Waals surface area contributed by atoms with E-state index in [1.807, 2.05) is 7.05 Å². The summed E-state index contributed by atoms with van der Waals surface area (Å²) in [5, 5.41) is 3.52. The van der Waals surface area contributed by atoms with E-state index >= 15 is 0 Å². The number of hydrogen-bond acceptors (Lipinski definition) is 4. The molecule has 1 aliphatic rings. The van der Waals surface area contributed by atoms with Crippen molar-refractivity contribution in [3.8, 4) is 12.3 Å². The number of fused-ring (bicyclic) bond motifs is 1. The average Bonchev–Trinajstić information content (AvgIpc) is 2.60. The lowest BCUT2D eigenvalue weighted by Gasteiger charge is -2.06. The molecule has 0 fully saturated rings. The molecule has 0 bridgehead atoms. The molecule has 1 aliphatic carbocycles. The van der Waals surface area contributed by atoms with Crippen LogP contribution in [0.4, 0.5) is 5.13 Å². The zero-order valence-electron chi connectivity index (χ0n) is 9.05. The minimum Gasteiger partial charge on any atom is -0.375 e. The average molecular weight is 223 g/mol. The summed E-state index contributed by atoms with van der Waals surface area (Å²) < 4.78 is 0. The van der Waals surface area contributed by atoms with Crippen LogP contribution in [0.25, 0.3) is 0 Å². The summed E-state index contributed by atoms with van der Waals surface area (Å²) in [6.45, 7) is 0.667. The number of nitrogens with two attached hydrogens (primary N) is 1. The molecule has 0 unspecified atom stereocenters. The Kier molecular flexibility index (Phi) is 5.16. The third-order valence-corrected chi connectivity index (χ3v) is 3.13. The normalized spacial score (nSPS) is 13.3. The number of nitrogen functional groups attached to an aromatic ring is 1. The number of aryl methyl sites for hydroxylation is 2. The molecule has 0 radical (unpaired) electrons. The maximum atomic E-state index is 5.57. The van der Waals surface area contributed by atoms with Gasteiger partial charge in [-0.2, -0.15) is 0 Å². The Hall–Kier alpha value is -1.05. The zero-order chi connectivity index (χ0) is 11.1. The first-order valence-corrected chi connectivity index (χ1v) is 5.91. The second-order valence-electron chi connectivity index (χ2n) is 3.36. The fraction of sp³-hybridized carbons (Fsp3) is 0.545. The van der Waals surface area contributed by atoms with Gasteiger partial charge in [0.1, 0.15) is 0 Å². The number of anilines is 1. The molecule has 0 amide bonds. The standard InChI is InChI=1S/C7H10N2S.C4H7N/c8-7-9-5-3-1-2-4-6(5)10-7;1-3-4-5-2/h1-4H2,(H2,8,9);1,5H,4H2,2H3. The highest BCUT2D eigenvalue weighted by Gasteiger charge is 2.12. The molecule has 0 saturated carbocycles. The molecule has 0 aliphatic heterocycles. The Morgan fingerprint density at radius 1 is 1.53 bits per heavy atom. The Morgan fingerprint density at radius 3 is 2.80 bits per heavy atom. The maximum absolute atomic E-state index is 5.57. The minimum atomic E-state index is 0.667. The monoisotopic (exact) mass is 223 g/mol. The van der Waals surface area contributed by atoms with Crippen molar-refractivity contribution in [1.82, 2.24) is 10.3 Å². The molecule has 1 aromatic heterocycles. The minimum absolute atomic E-state index is 0.667. The number of hydrogen-bond donors (Lipinski definition) is 2. The molecule has 3 N–H and O–H groups in total. The summed E-state index contributed by atoms with van der Waals surface area (Å²) in [5.74, 6) is 2.41. The Balaban J connectivity index is 0.000000195. The number of aromatic nitrogens is 1. The number of terminal acetylenes is 1. The fourth-order valence-electron chi connectivity index (χ4n) is 1.47. The highest BCUT2D eigenvalue weighted by molar-refractivity contribution is 7.15. The van der Waals surface area contributed by atoms with E-state index in [1.54, 1.807) is 11.3 Å². The molecule has 2 rings (SSSR count). The molecule has 82 valence electrons. The van der Waals surface area contributed by atoms with Crippen molar-refractivity contribution in [1.29, 1.82) is 0 Å². The molecule has 0 aromatic carbocycles. The van der Waals surface area contributed by atoms with E-state index in [0.29, 0.717) is 6.54 Å². The Morgan fingerprint density at radius 2 is 2.27 bits per heavy atom. The van der Waals surface area contributed by atoms with Crippen LogP contribution in [0.1, 0.15) is 23.4 Å². The fourth-order valence-corrected chi connectivity index (χ4v) is 2.39. The van der Waals surface area contributed by atoms with E-state index in [2.05, 4.69) is 16.2 Å². The quantitative estimate of drug-likeness (QED) is 0.708. The van der Waals surface area contributed by atoms with Crippen LogP contribution in [-0.4, -0.2) is 18.6 Å². The topological polar surface area (TPSA) is 50.9 Å². The summed E-state index contributed by atoms with van der Waals surface area (Å²) >= 11 is 1.66. The molecule has 15 heavy (non-hydrogen) atoms. The lowest BCUT2D eigenvalue weighted by Crippen LogP contribution is -2.03. The molecule has 0 atom stereocenters. The third kappa shape index (κ3) is 3.90. The van der Waals surface area contributed by atoms with Crippen LogP contribution >= 0.6 is 11.3 Å². The van der Waals surface area contributed by atoms with Crippen molar-refractivity contribution in [2.45, 2.75) is 25.7 Å². The van der Waals surface area contributed by atoms with Crippen LogP contribution in [0.15, 0.2) is 0 Å². The zero-order valence-corrected chi connectivity index (χ0v) is 9.86. The van der Waals surface area contributed by atoms with Gasteiger partial charge in [0.15, 0.2) is 5.13 Å². The smallest absolute Gasteiger partial charge is 0.180 e. The van der Waals surface area contributed by atoms with Crippen molar-refractivity contribution >= 4 is 16.5 Å². The van der Waals surface area contributed by atoms with Gasteiger partial charge in [-0.1, -0.05) is 5.92 Å². The highest BCUT2D eigenvalue weighted by Crippen LogP contribution is 2.27. The van der Waals surface area contributed by atoms with E-state index in [1.165, 1.54) is 29.8 Å². The van der Waals surface area contributed by atoms with Gasteiger partial charge in [-0.15, -0.1) is 17.8 Å². The molecular weight excluding hydrogens is 206 g/mol. The van der Waals surface area contributed by atoms with Gasteiger partial charge < -0.3 is 11.1 Å². The summed E-state index contributed by atoms with van der Waals surface area (Å²) in [6, 6.07) is 0. The van der Waals surface area contributed by atoms with Gasteiger partial charge in [-0.25, -0.2) is 4.98 Å². The van der Waals surface area contributed by atoms with Gasteiger partial charge in [0.2, 0.25) is 0 Å². The molecule has 1 heterocycles. The van der Waals surface area contributed by atoms with E-state index in [-0.39, 0.29) is 0 Å². The first-order chi connectivity index (χ1) is 7.27. The second kappa shape index (κ2) is 6.44.